The van der Waals surface area contributed by atoms with E-state index in [0.29, 0.717) is 4.77 Å². The maximum atomic E-state index is 5.19. The summed E-state index contributed by atoms with van der Waals surface area (Å²) >= 11 is 6.97. The molecule has 5 nitrogen and oxygen atoms in total. The first-order chi connectivity index (χ1) is 10.3. The molecule has 0 bridgehead atoms. The molecule has 1 fully saturated rings. The van der Waals surface area contributed by atoms with Crippen molar-refractivity contribution in [3.05, 3.63) is 27.6 Å². The first-order valence-electron chi connectivity index (χ1n) is 7.33. The number of H-pyrrole nitrogens is 1. The van der Waals surface area contributed by atoms with Crippen molar-refractivity contribution in [3.8, 4) is 0 Å². The summed E-state index contributed by atoms with van der Waals surface area (Å²) in [5, 5.41) is 12.7. The lowest BCUT2D eigenvalue weighted by atomic mass is 10.1. The smallest absolute Gasteiger partial charge is 0.216 e. The molecule has 0 atom stereocenters. The Morgan fingerprint density at radius 3 is 2.95 bits per heavy atom. The van der Waals surface area contributed by atoms with Crippen LogP contribution in [-0.4, -0.2) is 34.2 Å². The zero-order chi connectivity index (χ0) is 14.7. The van der Waals surface area contributed by atoms with Crippen LogP contribution in [0.1, 0.15) is 36.9 Å². The molecule has 0 aliphatic carbocycles. The summed E-state index contributed by atoms with van der Waals surface area (Å²) in [6.07, 6.45) is 6.61. The lowest BCUT2D eigenvalue weighted by Crippen LogP contribution is -2.28. The van der Waals surface area contributed by atoms with Gasteiger partial charge in [0.05, 0.1) is 11.2 Å². The zero-order valence-electron chi connectivity index (χ0n) is 12.1. The van der Waals surface area contributed by atoms with Crippen LogP contribution in [-0.2, 0) is 6.42 Å². The van der Waals surface area contributed by atoms with Gasteiger partial charge in [0.15, 0.2) is 5.82 Å². The number of hydrogen-bond acceptors (Lipinski definition) is 5. The summed E-state index contributed by atoms with van der Waals surface area (Å²) in [6, 6.07) is 4.31. The Labute approximate surface area is 133 Å². The highest BCUT2D eigenvalue weighted by atomic mass is 32.1. The van der Waals surface area contributed by atoms with Crippen LogP contribution in [0.5, 0.6) is 0 Å². The van der Waals surface area contributed by atoms with E-state index in [9.17, 15) is 0 Å². The average Bonchev–Trinajstić information content (AvgIpc) is 3.13. The molecule has 0 unspecified atom stereocenters. The number of anilines is 1. The van der Waals surface area contributed by atoms with Gasteiger partial charge in [0.2, 0.25) is 4.77 Å². The molecule has 0 saturated carbocycles. The molecular formula is C14H19N5S2. The van der Waals surface area contributed by atoms with Crippen LogP contribution in [0.2, 0.25) is 0 Å². The van der Waals surface area contributed by atoms with Crippen molar-refractivity contribution in [2.45, 2.75) is 32.6 Å². The minimum absolute atomic E-state index is 0.538. The summed E-state index contributed by atoms with van der Waals surface area (Å²) in [4.78, 5) is 3.60. The number of aromatic nitrogens is 3. The second-order valence-electron chi connectivity index (χ2n) is 5.08. The number of thiophene rings is 1. The standard InChI is InChI=1S/C14H19N5S2/c1-2-12-16-17-14(20)19(12)15-10-11-6-7-13(21-11)18-8-4-3-5-9-18/h6-7,10H,2-5,8-9H2,1H3,(H,17,20)/b15-10-. The predicted molar refractivity (Wildman–Crippen MR) is 90.2 cm³/mol. The molecule has 2 aromatic rings. The molecule has 1 aliphatic rings. The Bertz CT molecular complexity index is 676. The number of aryl methyl sites for hydroxylation is 1. The van der Waals surface area contributed by atoms with E-state index in [1.807, 2.05) is 13.1 Å². The van der Waals surface area contributed by atoms with E-state index < -0.39 is 0 Å². The van der Waals surface area contributed by atoms with Gasteiger partial charge in [-0.2, -0.15) is 14.9 Å². The quantitative estimate of drug-likeness (QED) is 0.693. The summed E-state index contributed by atoms with van der Waals surface area (Å²) < 4.78 is 2.23. The Hall–Kier alpha value is -1.47. The second-order valence-corrected chi connectivity index (χ2v) is 6.56. The molecule has 0 spiro atoms. The van der Waals surface area contributed by atoms with Gasteiger partial charge >= 0.3 is 0 Å². The van der Waals surface area contributed by atoms with Crippen molar-refractivity contribution >= 4 is 34.8 Å². The fraction of sp³-hybridized carbons (Fsp3) is 0.500. The van der Waals surface area contributed by atoms with E-state index in [1.165, 1.54) is 37.4 Å². The Morgan fingerprint density at radius 1 is 1.38 bits per heavy atom. The van der Waals surface area contributed by atoms with Gasteiger partial charge in [-0.3, -0.25) is 5.10 Å². The van der Waals surface area contributed by atoms with E-state index in [1.54, 1.807) is 16.0 Å². The number of rotatable bonds is 4. The van der Waals surface area contributed by atoms with Gasteiger partial charge in [0, 0.05) is 24.4 Å². The monoisotopic (exact) mass is 321 g/mol. The lowest BCUT2D eigenvalue weighted by Gasteiger charge is -2.27. The van der Waals surface area contributed by atoms with Crippen LogP contribution in [0.4, 0.5) is 5.00 Å². The van der Waals surface area contributed by atoms with Crippen molar-refractivity contribution in [1.29, 1.82) is 0 Å². The third-order valence-corrected chi connectivity index (χ3v) is 4.96. The molecule has 3 rings (SSSR count). The Kier molecular flexibility index (Phi) is 4.50. The molecular weight excluding hydrogens is 302 g/mol. The maximum Gasteiger partial charge on any atom is 0.216 e. The fourth-order valence-corrected chi connectivity index (χ4v) is 3.61. The van der Waals surface area contributed by atoms with Gasteiger partial charge in [0.25, 0.3) is 0 Å². The van der Waals surface area contributed by atoms with E-state index in [4.69, 9.17) is 12.2 Å². The first kappa shape index (κ1) is 14.5. The van der Waals surface area contributed by atoms with Crippen molar-refractivity contribution in [2.75, 3.05) is 18.0 Å². The molecule has 0 radical (unpaired) electrons. The predicted octanol–water partition coefficient (Wildman–Crippen LogP) is 3.44. The molecule has 2 aromatic heterocycles. The van der Waals surface area contributed by atoms with Gasteiger partial charge in [-0.25, -0.2) is 0 Å². The topological polar surface area (TPSA) is 49.2 Å². The van der Waals surface area contributed by atoms with Crippen LogP contribution in [0.25, 0.3) is 0 Å². The van der Waals surface area contributed by atoms with Crippen LogP contribution in [0, 0.1) is 4.77 Å². The molecule has 0 amide bonds. The highest BCUT2D eigenvalue weighted by molar-refractivity contribution is 7.71. The SMILES string of the molecule is CCc1n[nH]c(=S)n1/N=C\c1ccc(N2CCCCC2)s1. The summed E-state index contributed by atoms with van der Waals surface area (Å²) in [5.74, 6) is 0.851. The minimum Gasteiger partial charge on any atom is -0.363 e. The minimum atomic E-state index is 0.538. The number of nitrogens with one attached hydrogen (secondary N) is 1. The van der Waals surface area contributed by atoms with Crippen molar-refractivity contribution in [2.24, 2.45) is 5.10 Å². The van der Waals surface area contributed by atoms with Gasteiger partial charge in [-0.1, -0.05) is 6.92 Å². The molecule has 1 N–H and O–H groups in total. The second kappa shape index (κ2) is 6.53. The van der Waals surface area contributed by atoms with E-state index in [0.717, 1.165) is 17.1 Å². The van der Waals surface area contributed by atoms with Gasteiger partial charge in [-0.15, -0.1) is 11.3 Å². The maximum absolute atomic E-state index is 5.19. The molecule has 112 valence electrons. The van der Waals surface area contributed by atoms with Crippen LogP contribution in [0.3, 0.4) is 0 Å². The zero-order valence-corrected chi connectivity index (χ0v) is 13.7. The lowest BCUT2D eigenvalue weighted by molar-refractivity contribution is 0.580. The molecule has 3 heterocycles. The number of hydrogen-bond donors (Lipinski definition) is 1. The Morgan fingerprint density at radius 2 is 2.19 bits per heavy atom. The van der Waals surface area contributed by atoms with Gasteiger partial charge in [0.1, 0.15) is 0 Å². The van der Waals surface area contributed by atoms with Crippen molar-refractivity contribution < 1.29 is 0 Å². The summed E-state index contributed by atoms with van der Waals surface area (Å²) in [6.45, 7) is 4.38. The van der Waals surface area contributed by atoms with Crippen molar-refractivity contribution in [1.82, 2.24) is 14.9 Å². The molecule has 1 aliphatic heterocycles. The number of aromatic amines is 1. The van der Waals surface area contributed by atoms with Crippen molar-refractivity contribution in [3.63, 3.8) is 0 Å². The van der Waals surface area contributed by atoms with Crippen LogP contribution < -0.4 is 4.90 Å². The first-order valence-corrected chi connectivity index (χ1v) is 8.56. The van der Waals surface area contributed by atoms with Gasteiger partial charge < -0.3 is 4.90 Å². The number of piperidine rings is 1. The fourth-order valence-electron chi connectivity index (χ4n) is 2.48. The molecule has 1 saturated heterocycles. The van der Waals surface area contributed by atoms with Gasteiger partial charge in [-0.05, 0) is 43.6 Å². The van der Waals surface area contributed by atoms with E-state index in [2.05, 4.69) is 32.3 Å². The largest absolute Gasteiger partial charge is 0.363 e. The van der Waals surface area contributed by atoms with Crippen LogP contribution in [0.15, 0.2) is 17.2 Å². The third-order valence-electron chi connectivity index (χ3n) is 3.61. The number of nitrogens with zero attached hydrogens (tertiary/aromatic N) is 4. The van der Waals surface area contributed by atoms with Crippen LogP contribution >= 0.6 is 23.6 Å². The molecule has 7 heteroatoms. The average molecular weight is 321 g/mol. The normalized spacial score (nSPS) is 16.0. The van der Waals surface area contributed by atoms with E-state index >= 15 is 0 Å². The summed E-state index contributed by atoms with van der Waals surface area (Å²) in [7, 11) is 0. The Balaban J connectivity index is 1.76. The molecule has 0 aromatic carbocycles. The molecule has 21 heavy (non-hydrogen) atoms. The summed E-state index contributed by atoms with van der Waals surface area (Å²) in [5.41, 5.74) is 0. The highest BCUT2D eigenvalue weighted by Crippen LogP contribution is 2.27. The highest BCUT2D eigenvalue weighted by Gasteiger charge is 2.12. The third kappa shape index (κ3) is 3.24. The van der Waals surface area contributed by atoms with E-state index in [-0.39, 0.29) is 0 Å².